The summed E-state index contributed by atoms with van der Waals surface area (Å²) in [5.74, 6) is 1.68. The van der Waals surface area contributed by atoms with E-state index in [0.717, 1.165) is 16.1 Å². The van der Waals surface area contributed by atoms with E-state index in [9.17, 15) is 4.39 Å². The lowest BCUT2D eigenvalue weighted by Gasteiger charge is -2.00. The smallest absolute Gasteiger partial charge is 0.235 e. The largest absolute Gasteiger partial charge is 0.454 e. The van der Waals surface area contributed by atoms with Gasteiger partial charge in [0.2, 0.25) is 11.8 Å². The molecule has 0 N–H and O–H groups in total. The molecule has 9 heteroatoms. The molecule has 1 aliphatic heterocycles. The highest BCUT2D eigenvalue weighted by atomic mass is 79.9. The van der Waals surface area contributed by atoms with Crippen molar-refractivity contribution in [3.05, 3.63) is 46.7 Å². The van der Waals surface area contributed by atoms with Gasteiger partial charge in [-0.1, -0.05) is 11.3 Å². The fourth-order valence-corrected chi connectivity index (χ4v) is 3.79. The predicted octanol–water partition coefficient (Wildman–Crippen LogP) is 4.15. The third-order valence-corrected chi connectivity index (χ3v) is 5.34. The van der Waals surface area contributed by atoms with Crippen molar-refractivity contribution >= 4 is 32.2 Å². The molecular formula is C16H8BrFN4O2S. The zero-order valence-corrected chi connectivity index (χ0v) is 14.8. The minimum absolute atomic E-state index is 0.217. The van der Waals surface area contributed by atoms with Gasteiger partial charge in [-0.05, 0) is 52.3 Å². The lowest BCUT2D eigenvalue weighted by Crippen LogP contribution is -1.93. The molecule has 6 nitrogen and oxygen atoms in total. The third kappa shape index (κ3) is 2.38. The van der Waals surface area contributed by atoms with Crippen molar-refractivity contribution in [3.63, 3.8) is 0 Å². The topological polar surface area (TPSA) is 61.5 Å². The lowest BCUT2D eigenvalue weighted by molar-refractivity contribution is 0.174. The molecule has 0 spiro atoms. The molecule has 1 aliphatic rings. The zero-order valence-electron chi connectivity index (χ0n) is 12.4. The molecule has 124 valence electrons. The Balaban J connectivity index is 1.61. The fraction of sp³-hybridized carbons (Fsp3) is 0.0625. The molecule has 0 saturated carbocycles. The Labute approximate surface area is 153 Å². The summed E-state index contributed by atoms with van der Waals surface area (Å²) in [4.78, 5) is 0.656. The van der Waals surface area contributed by atoms with Crippen LogP contribution in [0.1, 0.15) is 0 Å². The molecule has 3 heterocycles. The first kappa shape index (κ1) is 14.8. The van der Waals surface area contributed by atoms with E-state index in [4.69, 9.17) is 9.47 Å². The Morgan fingerprint density at radius 1 is 1.04 bits per heavy atom. The Morgan fingerprint density at radius 3 is 2.76 bits per heavy atom. The summed E-state index contributed by atoms with van der Waals surface area (Å²) in [5.41, 5.74) is 1.63. The second-order valence-corrected chi connectivity index (χ2v) is 7.13. The highest BCUT2D eigenvalue weighted by Crippen LogP contribution is 2.36. The maximum atomic E-state index is 13.4. The summed E-state index contributed by atoms with van der Waals surface area (Å²) < 4.78 is 26.2. The van der Waals surface area contributed by atoms with E-state index in [-0.39, 0.29) is 12.6 Å². The van der Waals surface area contributed by atoms with Crippen LogP contribution in [-0.4, -0.2) is 26.6 Å². The van der Waals surface area contributed by atoms with Gasteiger partial charge in [-0.3, -0.25) is 0 Å². The maximum absolute atomic E-state index is 13.4. The van der Waals surface area contributed by atoms with Crippen LogP contribution in [0.4, 0.5) is 4.39 Å². The average molecular weight is 419 g/mol. The standard InChI is InChI=1S/C16H8BrFN4O2S/c17-10-5-9(1-3-11(10)18)15-21-22-14(19-20-16(22)25-15)8-2-4-12-13(6-8)24-7-23-12/h1-6H,7H2. The van der Waals surface area contributed by atoms with Crippen LogP contribution in [0.25, 0.3) is 26.9 Å². The molecule has 0 bridgehead atoms. The van der Waals surface area contributed by atoms with Crippen LogP contribution in [0.5, 0.6) is 11.5 Å². The molecule has 0 aliphatic carbocycles. The number of halogens is 2. The van der Waals surface area contributed by atoms with Crippen LogP contribution in [0.3, 0.4) is 0 Å². The Bertz CT molecular complexity index is 1130. The van der Waals surface area contributed by atoms with Gasteiger partial charge in [0.25, 0.3) is 0 Å². The van der Waals surface area contributed by atoms with Crippen LogP contribution in [-0.2, 0) is 0 Å². The van der Waals surface area contributed by atoms with Crippen molar-refractivity contribution in [2.45, 2.75) is 0 Å². The molecule has 2 aromatic carbocycles. The summed E-state index contributed by atoms with van der Waals surface area (Å²) in [5, 5.41) is 13.7. The number of aromatic nitrogens is 4. The van der Waals surface area contributed by atoms with E-state index < -0.39 is 0 Å². The SMILES string of the molecule is Fc1ccc(-c2nn3c(-c4ccc5c(c4)OCO5)nnc3s2)cc1Br. The molecule has 0 amide bonds. The summed E-state index contributed by atoms with van der Waals surface area (Å²) in [6.45, 7) is 0.217. The summed E-state index contributed by atoms with van der Waals surface area (Å²) in [6, 6.07) is 10.4. The van der Waals surface area contributed by atoms with E-state index in [1.807, 2.05) is 18.2 Å². The van der Waals surface area contributed by atoms with Crippen LogP contribution in [0.2, 0.25) is 0 Å². The minimum Gasteiger partial charge on any atom is -0.454 e. The molecule has 0 atom stereocenters. The molecule has 5 rings (SSSR count). The number of hydrogen-bond acceptors (Lipinski definition) is 6. The van der Waals surface area contributed by atoms with Gasteiger partial charge in [-0.2, -0.15) is 9.61 Å². The van der Waals surface area contributed by atoms with Gasteiger partial charge < -0.3 is 9.47 Å². The molecule has 2 aromatic heterocycles. The number of nitrogens with zero attached hydrogens (tertiary/aromatic N) is 4. The Morgan fingerprint density at radius 2 is 1.88 bits per heavy atom. The van der Waals surface area contributed by atoms with Gasteiger partial charge in [0, 0.05) is 11.1 Å². The molecule has 0 saturated heterocycles. The van der Waals surface area contributed by atoms with Crippen molar-refractivity contribution in [3.8, 4) is 33.5 Å². The average Bonchev–Trinajstić information content (AvgIpc) is 3.31. The van der Waals surface area contributed by atoms with Crippen molar-refractivity contribution in [1.29, 1.82) is 0 Å². The van der Waals surface area contributed by atoms with Crippen molar-refractivity contribution in [2.75, 3.05) is 6.79 Å². The van der Waals surface area contributed by atoms with E-state index in [2.05, 4.69) is 31.2 Å². The first-order valence-corrected chi connectivity index (χ1v) is 8.88. The summed E-state index contributed by atoms with van der Waals surface area (Å²) >= 11 is 4.58. The monoisotopic (exact) mass is 418 g/mol. The van der Waals surface area contributed by atoms with E-state index in [0.29, 0.717) is 26.8 Å². The molecule has 25 heavy (non-hydrogen) atoms. The van der Waals surface area contributed by atoms with Gasteiger partial charge in [0.1, 0.15) is 10.8 Å². The highest BCUT2D eigenvalue weighted by Gasteiger charge is 2.19. The number of benzene rings is 2. The second kappa shape index (κ2) is 5.50. The fourth-order valence-electron chi connectivity index (χ4n) is 2.58. The van der Waals surface area contributed by atoms with E-state index in [1.165, 1.54) is 17.4 Å². The minimum atomic E-state index is -0.312. The van der Waals surface area contributed by atoms with Crippen molar-refractivity contribution in [2.24, 2.45) is 0 Å². The second-order valence-electron chi connectivity index (χ2n) is 5.32. The van der Waals surface area contributed by atoms with Crippen LogP contribution in [0.15, 0.2) is 40.9 Å². The maximum Gasteiger partial charge on any atom is 0.235 e. The number of fused-ring (bicyclic) bond motifs is 2. The molecular weight excluding hydrogens is 411 g/mol. The molecule has 4 aromatic rings. The van der Waals surface area contributed by atoms with Crippen LogP contribution in [0, 0.1) is 5.82 Å². The Kier molecular flexibility index (Phi) is 3.25. The van der Waals surface area contributed by atoms with E-state index in [1.54, 1.807) is 16.6 Å². The van der Waals surface area contributed by atoms with Gasteiger partial charge in [0.15, 0.2) is 17.3 Å². The normalized spacial score (nSPS) is 12.9. The van der Waals surface area contributed by atoms with Gasteiger partial charge in [0.05, 0.1) is 4.47 Å². The summed E-state index contributed by atoms with van der Waals surface area (Å²) in [7, 11) is 0. The van der Waals surface area contributed by atoms with Crippen LogP contribution < -0.4 is 9.47 Å². The molecule has 0 fully saturated rings. The number of hydrogen-bond donors (Lipinski definition) is 0. The molecule has 0 radical (unpaired) electrons. The van der Waals surface area contributed by atoms with Crippen LogP contribution >= 0.6 is 27.3 Å². The molecule has 0 unspecified atom stereocenters. The predicted molar refractivity (Wildman–Crippen MR) is 93.3 cm³/mol. The Hall–Kier alpha value is -2.52. The lowest BCUT2D eigenvalue weighted by atomic mass is 10.2. The number of rotatable bonds is 2. The first-order valence-electron chi connectivity index (χ1n) is 7.27. The van der Waals surface area contributed by atoms with Gasteiger partial charge in [-0.15, -0.1) is 10.2 Å². The third-order valence-electron chi connectivity index (χ3n) is 3.79. The zero-order chi connectivity index (χ0) is 17.0. The summed E-state index contributed by atoms with van der Waals surface area (Å²) in [6.07, 6.45) is 0. The highest BCUT2D eigenvalue weighted by molar-refractivity contribution is 9.10. The van der Waals surface area contributed by atoms with E-state index >= 15 is 0 Å². The van der Waals surface area contributed by atoms with Crippen molar-refractivity contribution in [1.82, 2.24) is 19.8 Å². The number of ether oxygens (including phenoxy) is 2. The quantitative estimate of drug-likeness (QED) is 0.489. The first-order chi connectivity index (χ1) is 12.2. The van der Waals surface area contributed by atoms with Gasteiger partial charge >= 0.3 is 0 Å². The van der Waals surface area contributed by atoms with Gasteiger partial charge in [-0.25, -0.2) is 4.39 Å². The van der Waals surface area contributed by atoms with Crippen molar-refractivity contribution < 1.29 is 13.9 Å².